The lowest BCUT2D eigenvalue weighted by molar-refractivity contribution is 0.573. The van der Waals surface area contributed by atoms with E-state index in [4.69, 9.17) is 5.73 Å². The van der Waals surface area contributed by atoms with E-state index in [1.807, 2.05) is 13.8 Å². The fourth-order valence-corrected chi connectivity index (χ4v) is 2.42. The second-order valence-corrected chi connectivity index (χ2v) is 5.89. The number of nitrogens with two attached hydrogens (primary N) is 1. The van der Waals surface area contributed by atoms with Crippen molar-refractivity contribution >= 4 is 9.84 Å². The summed E-state index contributed by atoms with van der Waals surface area (Å²) in [4.78, 5) is 0. The molecule has 0 saturated carbocycles. The van der Waals surface area contributed by atoms with E-state index in [2.05, 4.69) is 0 Å². The molecule has 3 nitrogen and oxygen atoms in total. The maximum Gasteiger partial charge on any atom is 0.152 e. The Morgan fingerprint density at radius 1 is 1.33 bits per heavy atom. The van der Waals surface area contributed by atoms with Gasteiger partial charge in [0.25, 0.3) is 0 Å². The highest BCUT2D eigenvalue weighted by Crippen LogP contribution is 2.07. The number of hydrogen-bond acceptors (Lipinski definition) is 3. The summed E-state index contributed by atoms with van der Waals surface area (Å²) in [5.41, 5.74) is 5.48. The van der Waals surface area contributed by atoms with Crippen LogP contribution in [0, 0.1) is 0 Å². The molecule has 4 heteroatoms. The topological polar surface area (TPSA) is 60.2 Å². The van der Waals surface area contributed by atoms with E-state index >= 15 is 0 Å². The van der Waals surface area contributed by atoms with Gasteiger partial charge in [-0.3, -0.25) is 0 Å². The molecule has 0 bridgehead atoms. The van der Waals surface area contributed by atoms with Crippen molar-refractivity contribution in [3.63, 3.8) is 0 Å². The SMILES string of the molecule is CCC(C)S(=O)(=O)CCC(C)N. The molecule has 0 aromatic carbocycles. The molecule has 74 valence electrons. The lowest BCUT2D eigenvalue weighted by atomic mass is 10.3. The molecule has 12 heavy (non-hydrogen) atoms. The predicted molar refractivity (Wildman–Crippen MR) is 51.8 cm³/mol. The maximum absolute atomic E-state index is 11.4. The van der Waals surface area contributed by atoms with E-state index in [9.17, 15) is 8.42 Å². The third-order valence-corrected chi connectivity index (χ3v) is 4.41. The fourth-order valence-electron chi connectivity index (χ4n) is 0.805. The molecule has 2 atom stereocenters. The van der Waals surface area contributed by atoms with E-state index < -0.39 is 9.84 Å². The van der Waals surface area contributed by atoms with Gasteiger partial charge >= 0.3 is 0 Å². The zero-order chi connectivity index (χ0) is 9.78. The number of rotatable bonds is 5. The molecule has 0 spiro atoms. The first kappa shape index (κ1) is 11.9. The first-order valence-corrected chi connectivity index (χ1v) is 6.08. The summed E-state index contributed by atoms with van der Waals surface area (Å²) in [6, 6.07) is -0.0242. The van der Waals surface area contributed by atoms with Crippen molar-refractivity contribution in [1.29, 1.82) is 0 Å². The molecule has 0 aromatic heterocycles. The van der Waals surface area contributed by atoms with Crippen LogP contribution in [0.4, 0.5) is 0 Å². The minimum atomic E-state index is -2.89. The van der Waals surface area contributed by atoms with Gasteiger partial charge in [0, 0.05) is 6.04 Å². The van der Waals surface area contributed by atoms with Crippen LogP contribution in [0.2, 0.25) is 0 Å². The summed E-state index contributed by atoms with van der Waals surface area (Å²) < 4.78 is 22.8. The Kier molecular flexibility index (Phi) is 4.78. The quantitative estimate of drug-likeness (QED) is 0.707. The second-order valence-electron chi connectivity index (χ2n) is 3.35. The van der Waals surface area contributed by atoms with Crippen LogP contribution in [-0.2, 0) is 9.84 Å². The van der Waals surface area contributed by atoms with E-state index in [1.54, 1.807) is 6.92 Å². The van der Waals surface area contributed by atoms with E-state index in [-0.39, 0.29) is 17.0 Å². The molecule has 0 rings (SSSR count). The summed E-state index contributed by atoms with van der Waals surface area (Å²) in [6.45, 7) is 5.46. The van der Waals surface area contributed by atoms with Gasteiger partial charge in [0.15, 0.2) is 9.84 Å². The smallest absolute Gasteiger partial charge is 0.152 e. The van der Waals surface area contributed by atoms with E-state index in [0.29, 0.717) is 12.8 Å². The van der Waals surface area contributed by atoms with Gasteiger partial charge < -0.3 is 5.73 Å². The normalized spacial score (nSPS) is 17.3. The van der Waals surface area contributed by atoms with Crippen LogP contribution < -0.4 is 5.73 Å². The van der Waals surface area contributed by atoms with Gasteiger partial charge in [-0.1, -0.05) is 6.92 Å². The van der Waals surface area contributed by atoms with Crippen LogP contribution >= 0.6 is 0 Å². The summed E-state index contributed by atoms with van der Waals surface area (Å²) in [7, 11) is -2.89. The van der Waals surface area contributed by atoms with Crippen LogP contribution in [0.1, 0.15) is 33.6 Å². The summed E-state index contributed by atoms with van der Waals surface area (Å²) in [6.07, 6.45) is 1.24. The Morgan fingerprint density at radius 3 is 2.17 bits per heavy atom. The fraction of sp³-hybridized carbons (Fsp3) is 1.00. The number of hydrogen-bond donors (Lipinski definition) is 1. The van der Waals surface area contributed by atoms with E-state index in [0.717, 1.165) is 0 Å². The van der Waals surface area contributed by atoms with Crippen molar-refractivity contribution in [3.8, 4) is 0 Å². The van der Waals surface area contributed by atoms with Gasteiger partial charge in [-0.05, 0) is 26.7 Å². The highest BCUT2D eigenvalue weighted by Gasteiger charge is 2.18. The van der Waals surface area contributed by atoms with Crippen LogP contribution in [0.3, 0.4) is 0 Å². The molecular weight excluding hydrogens is 174 g/mol. The third-order valence-electron chi connectivity index (χ3n) is 2.05. The highest BCUT2D eigenvalue weighted by atomic mass is 32.2. The average molecular weight is 193 g/mol. The summed E-state index contributed by atoms with van der Waals surface area (Å²) in [5.74, 6) is 0.222. The highest BCUT2D eigenvalue weighted by molar-refractivity contribution is 7.91. The van der Waals surface area contributed by atoms with Crippen LogP contribution in [0.15, 0.2) is 0 Å². The Labute approximate surface area is 75.3 Å². The molecular formula is C8H19NO2S. The summed E-state index contributed by atoms with van der Waals surface area (Å²) in [5, 5.41) is -0.226. The van der Waals surface area contributed by atoms with Gasteiger partial charge in [-0.25, -0.2) is 8.42 Å². The molecule has 0 saturated heterocycles. The lowest BCUT2D eigenvalue weighted by Crippen LogP contribution is -2.25. The van der Waals surface area contributed by atoms with Crippen molar-refractivity contribution in [1.82, 2.24) is 0 Å². The largest absolute Gasteiger partial charge is 0.328 e. The Bertz CT molecular complexity index is 209. The maximum atomic E-state index is 11.4. The van der Waals surface area contributed by atoms with Gasteiger partial charge in [0.05, 0.1) is 11.0 Å². The van der Waals surface area contributed by atoms with Crippen molar-refractivity contribution in [2.45, 2.75) is 44.9 Å². The zero-order valence-corrected chi connectivity index (χ0v) is 8.89. The molecule has 0 radical (unpaired) electrons. The van der Waals surface area contributed by atoms with Crippen molar-refractivity contribution in [2.24, 2.45) is 5.73 Å². The minimum absolute atomic E-state index is 0.0242. The second kappa shape index (κ2) is 4.82. The molecule has 0 aliphatic heterocycles. The number of sulfone groups is 1. The third kappa shape index (κ3) is 4.07. The minimum Gasteiger partial charge on any atom is -0.328 e. The standard InChI is InChI=1S/C8H19NO2S/c1-4-8(3)12(10,11)6-5-7(2)9/h7-8H,4-6,9H2,1-3H3. The molecule has 2 N–H and O–H groups in total. The van der Waals surface area contributed by atoms with Crippen molar-refractivity contribution < 1.29 is 8.42 Å². The molecule has 0 aliphatic carbocycles. The molecule has 0 fully saturated rings. The van der Waals surface area contributed by atoms with Crippen molar-refractivity contribution in [3.05, 3.63) is 0 Å². The van der Waals surface area contributed by atoms with Gasteiger partial charge in [0.1, 0.15) is 0 Å². The summed E-state index contributed by atoms with van der Waals surface area (Å²) >= 11 is 0. The van der Waals surface area contributed by atoms with Gasteiger partial charge in [0.2, 0.25) is 0 Å². The van der Waals surface area contributed by atoms with Crippen molar-refractivity contribution in [2.75, 3.05) is 5.75 Å². The van der Waals surface area contributed by atoms with Crippen LogP contribution in [0.25, 0.3) is 0 Å². The zero-order valence-electron chi connectivity index (χ0n) is 8.08. The molecule has 0 heterocycles. The monoisotopic (exact) mass is 193 g/mol. The predicted octanol–water partition coefficient (Wildman–Crippen LogP) is 0.937. The molecule has 0 amide bonds. The van der Waals surface area contributed by atoms with E-state index in [1.165, 1.54) is 0 Å². The first-order valence-electron chi connectivity index (χ1n) is 4.37. The Hall–Kier alpha value is -0.0900. The van der Waals surface area contributed by atoms with Crippen LogP contribution in [0.5, 0.6) is 0 Å². The molecule has 2 unspecified atom stereocenters. The van der Waals surface area contributed by atoms with Crippen LogP contribution in [-0.4, -0.2) is 25.5 Å². The Balaban J connectivity index is 4.06. The molecule has 0 aliphatic rings. The lowest BCUT2D eigenvalue weighted by Gasteiger charge is -2.11. The van der Waals surface area contributed by atoms with Gasteiger partial charge in [-0.15, -0.1) is 0 Å². The Morgan fingerprint density at radius 2 is 1.83 bits per heavy atom. The average Bonchev–Trinajstić information content (AvgIpc) is 1.99. The first-order chi connectivity index (χ1) is 5.40. The molecule has 0 aromatic rings. The van der Waals surface area contributed by atoms with Gasteiger partial charge in [-0.2, -0.15) is 0 Å².